The summed E-state index contributed by atoms with van der Waals surface area (Å²) in [5.74, 6) is 0. The van der Waals surface area contributed by atoms with Crippen LogP contribution in [0.15, 0.2) is 205 Å². The van der Waals surface area contributed by atoms with E-state index < -0.39 is 0 Å². The smallest absolute Gasteiger partial charge is 0.143 e. The second-order valence-corrected chi connectivity index (χ2v) is 13.4. The first-order valence-corrected chi connectivity index (χ1v) is 17.8. The fourth-order valence-electron chi connectivity index (χ4n) is 7.65. The van der Waals surface area contributed by atoms with Crippen LogP contribution >= 0.6 is 0 Å². The van der Waals surface area contributed by atoms with Crippen molar-refractivity contribution in [1.82, 2.24) is 0 Å². The molecule has 0 saturated heterocycles. The van der Waals surface area contributed by atoms with Crippen LogP contribution in [0.5, 0.6) is 0 Å². The Bertz CT molecular complexity index is 2900. The van der Waals surface area contributed by atoms with Crippen LogP contribution in [0.4, 0.5) is 17.1 Å². The lowest BCUT2D eigenvalue weighted by molar-refractivity contribution is 0.672. The van der Waals surface area contributed by atoms with E-state index in [1.807, 2.05) is 0 Å². The van der Waals surface area contributed by atoms with Crippen LogP contribution in [-0.4, -0.2) is 0 Å². The van der Waals surface area contributed by atoms with Crippen molar-refractivity contribution < 1.29 is 4.42 Å². The van der Waals surface area contributed by atoms with Crippen LogP contribution in [-0.2, 0) is 0 Å². The largest absolute Gasteiger partial charge is 0.455 e. The predicted octanol–water partition coefficient (Wildman–Crippen LogP) is 14.4. The molecule has 0 atom stereocenters. The molecule has 10 rings (SSSR count). The van der Waals surface area contributed by atoms with Crippen molar-refractivity contribution in [2.24, 2.45) is 0 Å². The lowest BCUT2D eigenvalue weighted by Crippen LogP contribution is -2.10. The zero-order valence-electron chi connectivity index (χ0n) is 28.4. The standard InChI is InChI=1S/C50H33NO/c1-2-11-34(12-3-1)39-16-8-17-40(31-39)36-25-28-43(29-26-36)51(44-19-9-18-41(33-44)42-24-23-35-13-4-5-15-38(35)32-42)47-21-10-22-48-49(47)46-30-27-37-14-6-7-20-45(37)50(46)52-48/h1-33H. The molecule has 0 amide bonds. The zero-order valence-corrected chi connectivity index (χ0v) is 28.4. The molecule has 0 N–H and O–H groups in total. The van der Waals surface area contributed by atoms with Gasteiger partial charge in [-0.15, -0.1) is 0 Å². The van der Waals surface area contributed by atoms with E-state index in [0.29, 0.717) is 0 Å². The van der Waals surface area contributed by atoms with Crippen LogP contribution in [0.2, 0.25) is 0 Å². The molecule has 10 aromatic rings. The highest BCUT2D eigenvalue weighted by molar-refractivity contribution is 6.19. The van der Waals surface area contributed by atoms with E-state index in [1.54, 1.807) is 0 Å². The third-order valence-corrected chi connectivity index (χ3v) is 10.2. The molecule has 2 heteroatoms. The van der Waals surface area contributed by atoms with E-state index in [0.717, 1.165) is 50.0 Å². The summed E-state index contributed by atoms with van der Waals surface area (Å²) in [6.07, 6.45) is 0. The molecule has 0 fully saturated rings. The maximum Gasteiger partial charge on any atom is 0.143 e. The zero-order chi connectivity index (χ0) is 34.4. The number of hydrogen-bond donors (Lipinski definition) is 0. The normalized spacial score (nSPS) is 11.5. The fraction of sp³-hybridized carbons (Fsp3) is 0. The molecule has 1 aromatic heterocycles. The van der Waals surface area contributed by atoms with E-state index in [9.17, 15) is 0 Å². The highest BCUT2D eigenvalue weighted by Crippen LogP contribution is 2.45. The Labute approximate surface area is 302 Å². The van der Waals surface area contributed by atoms with Crippen molar-refractivity contribution in [2.75, 3.05) is 4.90 Å². The van der Waals surface area contributed by atoms with Crippen LogP contribution in [0.3, 0.4) is 0 Å². The molecule has 9 aromatic carbocycles. The first-order chi connectivity index (χ1) is 25.8. The molecular weight excluding hydrogens is 631 g/mol. The molecule has 0 aliphatic heterocycles. The van der Waals surface area contributed by atoms with Crippen LogP contribution in [0, 0.1) is 0 Å². The van der Waals surface area contributed by atoms with Gasteiger partial charge in [-0.2, -0.15) is 0 Å². The Hall–Kier alpha value is -6.90. The van der Waals surface area contributed by atoms with Crippen molar-refractivity contribution in [2.45, 2.75) is 0 Å². The number of anilines is 3. The van der Waals surface area contributed by atoms with Gasteiger partial charge in [-0.25, -0.2) is 0 Å². The third-order valence-electron chi connectivity index (χ3n) is 10.2. The molecule has 0 unspecified atom stereocenters. The Kier molecular flexibility index (Phi) is 7.18. The van der Waals surface area contributed by atoms with E-state index >= 15 is 0 Å². The summed E-state index contributed by atoms with van der Waals surface area (Å²) < 4.78 is 6.66. The lowest BCUT2D eigenvalue weighted by atomic mass is 9.98. The number of nitrogens with zero attached hydrogens (tertiary/aromatic N) is 1. The minimum Gasteiger partial charge on any atom is -0.455 e. The van der Waals surface area contributed by atoms with Crippen LogP contribution in [0.1, 0.15) is 0 Å². The highest BCUT2D eigenvalue weighted by Gasteiger charge is 2.21. The van der Waals surface area contributed by atoms with Gasteiger partial charge in [-0.05, 0) is 104 Å². The van der Waals surface area contributed by atoms with Gasteiger partial charge < -0.3 is 9.32 Å². The first-order valence-electron chi connectivity index (χ1n) is 17.8. The van der Waals surface area contributed by atoms with Gasteiger partial charge in [0.1, 0.15) is 11.2 Å². The summed E-state index contributed by atoms with van der Waals surface area (Å²) in [6.45, 7) is 0. The number of hydrogen-bond acceptors (Lipinski definition) is 2. The first kappa shape index (κ1) is 30.0. The molecule has 0 aliphatic carbocycles. The summed E-state index contributed by atoms with van der Waals surface area (Å²) in [7, 11) is 0. The van der Waals surface area contributed by atoms with Gasteiger partial charge in [-0.3, -0.25) is 0 Å². The quantitative estimate of drug-likeness (QED) is 0.176. The maximum atomic E-state index is 6.66. The molecule has 52 heavy (non-hydrogen) atoms. The van der Waals surface area contributed by atoms with Gasteiger partial charge in [0.2, 0.25) is 0 Å². The number of rotatable bonds is 6. The SMILES string of the molecule is c1ccc(-c2cccc(-c3ccc(N(c4cccc(-c5ccc6ccccc6c5)c4)c4cccc5oc6c7ccccc7ccc6c45)cc3)c2)cc1. The number of furan rings is 1. The average Bonchev–Trinajstić information content (AvgIpc) is 3.62. The van der Waals surface area contributed by atoms with Crippen molar-refractivity contribution >= 4 is 60.5 Å². The minimum atomic E-state index is 0.869. The van der Waals surface area contributed by atoms with Crippen molar-refractivity contribution in [3.8, 4) is 33.4 Å². The van der Waals surface area contributed by atoms with E-state index in [4.69, 9.17) is 4.42 Å². The summed E-state index contributed by atoms with van der Waals surface area (Å²) in [4.78, 5) is 2.38. The van der Waals surface area contributed by atoms with Crippen LogP contribution in [0.25, 0.3) is 76.9 Å². The maximum absolute atomic E-state index is 6.66. The topological polar surface area (TPSA) is 16.4 Å². The summed E-state index contributed by atoms with van der Waals surface area (Å²) in [5.41, 5.74) is 12.1. The number of benzene rings is 9. The van der Waals surface area contributed by atoms with Gasteiger partial charge in [0.15, 0.2) is 0 Å². The van der Waals surface area contributed by atoms with E-state index in [1.165, 1.54) is 44.0 Å². The van der Waals surface area contributed by atoms with Crippen LogP contribution < -0.4 is 4.90 Å². The molecule has 0 spiro atoms. The Morgan fingerprint density at radius 2 is 0.923 bits per heavy atom. The molecule has 1 heterocycles. The number of fused-ring (bicyclic) bond motifs is 6. The molecule has 0 aliphatic rings. The predicted molar refractivity (Wildman–Crippen MR) is 220 cm³/mol. The Balaban J connectivity index is 1.14. The van der Waals surface area contributed by atoms with Crippen molar-refractivity contribution in [3.05, 3.63) is 200 Å². The molecule has 0 saturated carbocycles. The highest BCUT2D eigenvalue weighted by atomic mass is 16.3. The fourth-order valence-corrected chi connectivity index (χ4v) is 7.65. The summed E-state index contributed by atoms with van der Waals surface area (Å²) >= 11 is 0. The van der Waals surface area contributed by atoms with Gasteiger partial charge in [-0.1, -0.05) is 146 Å². The summed E-state index contributed by atoms with van der Waals surface area (Å²) in [5, 5.41) is 6.96. The molecule has 0 radical (unpaired) electrons. The lowest BCUT2D eigenvalue weighted by Gasteiger charge is -2.27. The molecular formula is C50H33NO. The Morgan fingerprint density at radius 1 is 0.327 bits per heavy atom. The summed E-state index contributed by atoms with van der Waals surface area (Å²) in [6, 6.07) is 71.7. The monoisotopic (exact) mass is 663 g/mol. The second-order valence-electron chi connectivity index (χ2n) is 13.4. The van der Waals surface area contributed by atoms with Crippen molar-refractivity contribution in [3.63, 3.8) is 0 Å². The Morgan fingerprint density at radius 3 is 1.75 bits per heavy atom. The van der Waals surface area contributed by atoms with Crippen molar-refractivity contribution in [1.29, 1.82) is 0 Å². The average molecular weight is 664 g/mol. The van der Waals surface area contributed by atoms with Gasteiger partial charge in [0, 0.05) is 22.1 Å². The molecule has 2 nitrogen and oxygen atoms in total. The minimum absolute atomic E-state index is 0.869. The molecule has 244 valence electrons. The van der Waals surface area contributed by atoms with E-state index in [2.05, 4.69) is 205 Å². The third kappa shape index (κ3) is 5.21. The van der Waals surface area contributed by atoms with E-state index in [-0.39, 0.29) is 0 Å². The van der Waals surface area contributed by atoms with Gasteiger partial charge >= 0.3 is 0 Å². The van der Waals surface area contributed by atoms with Gasteiger partial charge in [0.25, 0.3) is 0 Å². The molecule has 0 bridgehead atoms. The second kappa shape index (κ2) is 12.5. The van der Waals surface area contributed by atoms with Gasteiger partial charge in [0.05, 0.1) is 11.1 Å².